The predicted molar refractivity (Wildman–Crippen MR) is 93.0 cm³/mol. The third-order valence-corrected chi connectivity index (χ3v) is 5.49. The molecule has 126 valence electrons. The summed E-state index contributed by atoms with van der Waals surface area (Å²) in [7, 11) is -3.72. The van der Waals surface area contributed by atoms with Crippen LogP contribution >= 0.6 is 77.4 Å². The fraction of sp³-hybridized carbons (Fsp3) is 0.500. The second-order valence-electron chi connectivity index (χ2n) is 3.70. The fourth-order valence-corrected chi connectivity index (χ4v) is 4.18. The van der Waals surface area contributed by atoms with E-state index < -0.39 is 11.5 Å². The zero-order chi connectivity index (χ0) is 17.1. The van der Waals surface area contributed by atoms with Gasteiger partial charge >= 0.3 is 7.75 Å². The van der Waals surface area contributed by atoms with E-state index in [0.29, 0.717) is 0 Å². The molecule has 1 heterocycles. The highest BCUT2D eigenvalue weighted by molar-refractivity contribution is 7.55. The monoisotopic (exact) mass is 448 g/mol. The van der Waals surface area contributed by atoms with Crippen LogP contribution in [0.5, 0.6) is 0 Å². The number of halogens is 6. The zero-order valence-corrected chi connectivity index (χ0v) is 16.7. The van der Waals surface area contributed by atoms with E-state index in [4.69, 9.17) is 78.7 Å². The van der Waals surface area contributed by atoms with E-state index in [-0.39, 0.29) is 39.8 Å². The first-order valence-electron chi connectivity index (χ1n) is 5.84. The molecule has 0 aliphatic rings. The number of nitrogens with zero attached hydrogens (tertiary/aromatic N) is 1. The van der Waals surface area contributed by atoms with Gasteiger partial charge in [-0.2, -0.15) is 0 Å². The fourth-order valence-electron chi connectivity index (χ4n) is 1.38. The molecule has 0 bridgehead atoms. The Bertz CT molecular complexity index is 585. The van der Waals surface area contributed by atoms with Gasteiger partial charge in [0.15, 0.2) is 0 Å². The molecule has 0 aromatic carbocycles. The van der Waals surface area contributed by atoms with Gasteiger partial charge in [-0.3, -0.25) is 14.1 Å². The summed E-state index contributed by atoms with van der Waals surface area (Å²) in [5.41, 5.74) is -0.231. The highest BCUT2D eigenvalue weighted by atomic mass is 35.6. The van der Waals surface area contributed by atoms with Crippen molar-refractivity contribution in [2.24, 2.45) is 0 Å². The van der Waals surface area contributed by atoms with Gasteiger partial charge < -0.3 is 0 Å². The highest BCUT2D eigenvalue weighted by Gasteiger charge is 2.34. The first-order chi connectivity index (χ1) is 10.1. The van der Waals surface area contributed by atoms with Crippen molar-refractivity contribution in [1.82, 2.24) is 4.98 Å². The number of hydrogen-bond acceptors (Lipinski definition) is 4. The predicted octanol–water partition coefficient (Wildman–Crippen LogP) is 6.46. The number of hydrogen-bond donors (Lipinski definition) is 1. The molecule has 0 amide bonds. The Morgan fingerprint density at radius 3 is 2.00 bits per heavy atom. The average molecular weight is 451 g/mol. The van der Waals surface area contributed by atoms with Crippen LogP contribution in [0.25, 0.3) is 0 Å². The van der Waals surface area contributed by atoms with Gasteiger partial charge in [0, 0.05) is 0 Å². The smallest absolute Gasteiger partial charge is 0.293 e. The molecule has 12 heteroatoms. The van der Waals surface area contributed by atoms with Crippen molar-refractivity contribution in [1.29, 1.82) is 0 Å². The van der Waals surface area contributed by atoms with E-state index in [1.165, 1.54) is 0 Å². The van der Waals surface area contributed by atoms with Crippen LogP contribution in [0.2, 0.25) is 15.2 Å². The normalized spacial score (nSPS) is 12.5. The SMILES string of the molecule is CCOP(=O)(Nc1c(Cl)c(Cl)nc(C(Cl)(Cl)Cl)c1Cl)OCC. The second kappa shape index (κ2) is 8.28. The zero-order valence-electron chi connectivity index (χ0n) is 11.3. The molecule has 5 nitrogen and oxygen atoms in total. The summed E-state index contributed by atoms with van der Waals surface area (Å²) in [6.07, 6.45) is 0. The topological polar surface area (TPSA) is 60.5 Å². The molecule has 0 saturated carbocycles. The van der Waals surface area contributed by atoms with Crippen molar-refractivity contribution < 1.29 is 13.6 Å². The van der Waals surface area contributed by atoms with E-state index in [1.54, 1.807) is 13.8 Å². The lowest BCUT2D eigenvalue weighted by molar-refractivity contribution is 0.225. The van der Waals surface area contributed by atoms with E-state index >= 15 is 0 Å². The Balaban J connectivity index is 3.40. The Morgan fingerprint density at radius 1 is 1.09 bits per heavy atom. The molecule has 0 radical (unpaired) electrons. The van der Waals surface area contributed by atoms with Crippen molar-refractivity contribution in [3.05, 3.63) is 20.9 Å². The summed E-state index contributed by atoms with van der Waals surface area (Å²) in [5, 5.41) is 2.04. The number of anilines is 1. The average Bonchev–Trinajstić information content (AvgIpc) is 2.38. The first-order valence-corrected chi connectivity index (χ1v) is 9.65. The van der Waals surface area contributed by atoms with Gasteiger partial charge in [0.05, 0.1) is 23.9 Å². The van der Waals surface area contributed by atoms with Gasteiger partial charge in [0.1, 0.15) is 15.9 Å². The molecule has 0 unspecified atom stereocenters. The van der Waals surface area contributed by atoms with Crippen LogP contribution in [0.4, 0.5) is 5.69 Å². The lowest BCUT2D eigenvalue weighted by Crippen LogP contribution is -2.10. The molecule has 0 atom stereocenters. The van der Waals surface area contributed by atoms with Crippen molar-refractivity contribution in [3.8, 4) is 0 Å². The molecule has 0 aliphatic heterocycles. The van der Waals surface area contributed by atoms with E-state index in [0.717, 1.165) is 0 Å². The summed E-state index contributed by atoms with van der Waals surface area (Å²) in [4.78, 5) is 3.82. The van der Waals surface area contributed by atoms with Crippen molar-refractivity contribution >= 4 is 83.0 Å². The maximum Gasteiger partial charge on any atom is 0.432 e. The second-order valence-corrected chi connectivity index (χ2v) is 8.83. The molecule has 1 aromatic heterocycles. The molecular formula is C10H11Cl6N2O3P. The Morgan fingerprint density at radius 2 is 1.59 bits per heavy atom. The van der Waals surface area contributed by atoms with Gasteiger partial charge in [-0.05, 0) is 13.8 Å². The first kappa shape index (κ1) is 20.9. The van der Waals surface area contributed by atoms with Crippen LogP contribution in [0.15, 0.2) is 0 Å². The highest BCUT2D eigenvalue weighted by Crippen LogP contribution is 2.53. The third kappa shape index (κ3) is 5.17. The van der Waals surface area contributed by atoms with Crippen LogP contribution < -0.4 is 5.09 Å². The standard InChI is InChI=1S/C10H11Cl6N2O3P/c1-3-20-22(19,21-4-2)18-7-5(11)8(10(14,15)16)17-9(13)6(7)12/h3-4H2,1-2H3,(H,17,18,19). The minimum absolute atomic E-state index is 0.0603. The lowest BCUT2D eigenvalue weighted by atomic mass is 10.3. The molecule has 0 aliphatic carbocycles. The van der Waals surface area contributed by atoms with Crippen LogP contribution in [-0.4, -0.2) is 18.2 Å². The van der Waals surface area contributed by atoms with E-state index in [2.05, 4.69) is 10.1 Å². The quantitative estimate of drug-likeness (QED) is 0.306. The Labute approximate surface area is 158 Å². The van der Waals surface area contributed by atoms with Crippen LogP contribution in [-0.2, 0) is 17.4 Å². The van der Waals surface area contributed by atoms with Crippen LogP contribution in [0.1, 0.15) is 19.5 Å². The van der Waals surface area contributed by atoms with Crippen molar-refractivity contribution in [2.75, 3.05) is 18.3 Å². The Kier molecular flexibility index (Phi) is 7.86. The van der Waals surface area contributed by atoms with E-state index in [9.17, 15) is 4.57 Å². The molecule has 1 aromatic rings. The number of aromatic nitrogens is 1. The van der Waals surface area contributed by atoms with Crippen LogP contribution in [0, 0.1) is 0 Å². The summed E-state index contributed by atoms with van der Waals surface area (Å²) in [6, 6.07) is 0. The summed E-state index contributed by atoms with van der Waals surface area (Å²) in [5.74, 6) is 0. The molecule has 0 saturated heterocycles. The maximum absolute atomic E-state index is 12.5. The number of rotatable bonds is 6. The van der Waals surface area contributed by atoms with Crippen molar-refractivity contribution in [2.45, 2.75) is 17.6 Å². The van der Waals surface area contributed by atoms with Crippen LogP contribution in [0.3, 0.4) is 0 Å². The molecular weight excluding hydrogens is 440 g/mol. The molecule has 1 rings (SSSR count). The van der Waals surface area contributed by atoms with Gasteiger partial charge in [-0.15, -0.1) is 0 Å². The minimum Gasteiger partial charge on any atom is -0.293 e. The van der Waals surface area contributed by atoms with Gasteiger partial charge in [-0.1, -0.05) is 69.6 Å². The molecule has 0 spiro atoms. The maximum atomic E-state index is 12.5. The molecule has 22 heavy (non-hydrogen) atoms. The Hall–Kier alpha value is 0.840. The van der Waals surface area contributed by atoms with E-state index in [1.807, 2.05) is 0 Å². The molecule has 0 fully saturated rings. The lowest BCUT2D eigenvalue weighted by Gasteiger charge is -2.22. The van der Waals surface area contributed by atoms with Gasteiger partial charge in [0.25, 0.3) is 0 Å². The summed E-state index contributed by atoms with van der Waals surface area (Å²) < 4.78 is 20.8. The minimum atomic E-state index is -3.72. The summed E-state index contributed by atoms with van der Waals surface area (Å²) in [6.45, 7) is 3.52. The number of nitrogens with one attached hydrogen (secondary N) is 1. The van der Waals surface area contributed by atoms with Gasteiger partial charge in [0.2, 0.25) is 3.79 Å². The van der Waals surface area contributed by atoms with Crippen molar-refractivity contribution in [3.63, 3.8) is 0 Å². The largest absolute Gasteiger partial charge is 0.432 e. The number of pyridine rings is 1. The third-order valence-electron chi connectivity index (χ3n) is 2.15. The summed E-state index contributed by atoms with van der Waals surface area (Å²) >= 11 is 35.4. The van der Waals surface area contributed by atoms with Gasteiger partial charge in [-0.25, -0.2) is 9.55 Å². The molecule has 1 N–H and O–H groups in total. The number of alkyl halides is 3.